The molecule has 2 aromatic rings. The van der Waals surface area contributed by atoms with Gasteiger partial charge >= 0.3 is 5.97 Å². The van der Waals surface area contributed by atoms with Crippen molar-refractivity contribution in [1.82, 2.24) is 5.16 Å². The maximum atomic E-state index is 11.7. The number of aromatic nitrogens is 1. The van der Waals surface area contributed by atoms with Crippen LogP contribution in [-0.2, 0) is 11.3 Å². The number of rotatable bonds is 6. The molecule has 23 heavy (non-hydrogen) atoms. The average Bonchev–Trinajstić information content (AvgIpc) is 2.88. The summed E-state index contributed by atoms with van der Waals surface area (Å²) in [6.07, 6.45) is 0. The molecule has 0 aliphatic rings. The maximum Gasteiger partial charge on any atom is 0.339 e. The first kappa shape index (κ1) is 16.4. The van der Waals surface area contributed by atoms with Crippen LogP contribution in [0.25, 0.3) is 0 Å². The van der Waals surface area contributed by atoms with Crippen molar-refractivity contribution in [3.63, 3.8) is 0 Å². The third-order valence-electron chi connectivity index (χ3n) is 3.22. The average molecular weight is 316 g/mol. The first-order chi connectivity index (χ1) is 11.1. The Morgan fingerprint density at radius 3 is 2.74 bits per heavy atom. The lowest BCUT2D eigenvalue weighted by Crippen LogP contribution is -2.06. The lowest BCUT2D eigenvalue weighted by Gasteiger charge is -2.11. The highest BCUT2D eigenvalue weighted by molar-refractivity contribution is 5.90. The van der Waals surface area contributed by atoms with Gasteiger partial charge in [0.2, 0.25) is 0 Å². The summed E-state index contributed by atoms with van der Waals surface area (Å²) >= 11 is 0. The Morgan fingerprint density at radius 1 is 1.35 bits per heavy atom. The number of hydrogen-bond donors (Lipinski definition) is 0. The van der Waals surface area contributed by atoms with E-state index in [4.69, 9.17) is 24.0 Å². The van der Waals surface area contributed by atoms with Crippen LogP contribution in [0.15, 0.2) is 22.7 Å². The van der Waals surface area contributed by atoms with Crippen molar-refractivity contribution >= 4 is 5.97 Å². The van der Waals surface area contributed by atoms with Crippen LogP contribution in [-0.4, -0.2) is 24.8 Å². The van der Waals surface area contributed by atoms with Crippen molar-refractivity contribution in [2.24, 2.45) is 0 Å². The Kier molecular flexibility index (Phi) is 5.20. The number of carbonyl (C=O) groups excluding carboxylic acids is 1. The third kappa shape index (κ3) is 3.80. The summed E-state index contributed by atoms with van der Waals surface area (Å²) in [4.78, 5) is 11.7. The summed E-state index contributed by atoms with van der Waals surface area (Å²) in [5.41, 5.74) is 1.91. The van der Waals surface area contributed by atoms with Crippen LogP contribution >= 0.6 is 0 Å². The van der Waals surface area contributed by atoms with Gasteiger partial charge in [-0.05, 0) is 32.0 Å². The monoisotopic (exact) mass is 316 g/mol. The fourth-order valence-corrected chi connectivity index (χ4v) is 1.95. The number of benzene rings is 1. The normalized spacial score (nSPS) is 10.0. The fraction of sp³-hybridized carbons (Fsp3) is 0.312. The summed E-state index contributed by atoms with van der Waals surface area (Å²) < 4.78 is 20.8. The first-order valence-electron chi connectivity index (χ1n) is 6.83. The van der Waals surface area contributed by atoms with E-state index in [0.29, 0.717) is 17.3 Å². The quantitative estimate of drug-likeness (QED) is 0.756. The molecule has 1 aromatic heterocycles. The van der Waals surface area contributed by atoms with Gasteiger partial charge in [-0.2, -0.15) is 5.26 Å². The van der Waals surface area contributed by atoms with Crippen LogP contribution in [0.2, 0.25) is 0 Å². The van der Waals surface area contributed by atoms with Gasteiger partial charge in [-0.1, -0.05) is 5.16 Å². The largest absolute Gasteiger partial charge is 0.493 e. The molecule has 0 spiro atoms. The number of carbonyl (C=O) groups is 1. The van der Waals surface area contributed by atoms with Gasteiger partial charge in [0.15, 0.2) is 18.1 Å². The molecule has 1 heterocycles. The minimum absolute atomic E-state index is 0.274. The Morgan fingerprint density at radius 2 is 2.13 bits per heavy atom. The van der Waals surface area contributed by atoms with E-state index in [1.807, 2.05) is 13.8 Å². The Bertz CT molecular complexity index is 726. The predicted octanol–water partition coefficient (Wildman–Crippen LogP) is 2.56. The van der Waals surface area contributed by atoms with Gasteiger partial charge in [-0.3, -0.25) is 0 Å². The zero-order valence-corrected chi connectivity index (χ0v) is 13.1. The second-order valence-electron chi connectivity index (χ2n) is 4.69. The minimum atomic E-state index is -0.595. The summed E-state index contributed by atoms with van der Waals surface area (Å²) in [6.45, 7) is 3.62. The molecule has 0 bridgehead atoms. The van der Waals surface area contributed by atoms with E-state index in [-0.39, 0.29) is 18.8 Å². The van der Waals surface area contributed by atoms with Crippen molar-refractivity contribution < 1.29 is 23.5 Å². The van der Waals surface area contributed by atoms with E-state index in [9.17, 15) is 4.79 Å². The van der Waals surface area contributed by atoms with E-state index >= 15 is 0 Å². The van der Waals surface area contributed by atoms with E-state index in [0.717, 1.165) is 11.3 Å². The van der Waals surface area contributed by atoms with Gasteiger partial charge in [0.05, 0.1) is 23.9 Å². The lowest BCUT2D eigenvalue weighted by molar-refractivity contribution is 0.0554. The molecule has 2 rings (SSSR count). The summed E-state index contributed by atoms with van der Waals surface area (Å²) in [5, 5.41) is 12.3. The smallest absolute Gasteiger partial charge is 0.339 e. The van der Waals surface area contributed by atoms with E-state index in [1.165, 1.54) is 13.2 Å². The number of aryl methyl sites for hydroxylation is 2. The topological polar surface area (TPSA) is 94.6 Å². The fourth-order valence-electron chi connectivity index (χ4n) is 1.95. The zero-order valence-electron chi connectivity index (χ0n) is 13.1. The number of ether oxygens (including phenoxy) is 3. The highest BCUT2D eigenvalue weighted by Crippen LogP contribution is 2.29. The highest BCUT2D eigenvalue weighted by atomic mass is 16.5. The Balaban J connectivity index is 2.14. The van der Waals surface area contributed by atoms with Crippen molar-refractivity contribution in [3.05, 3.63) is 40.8 Å². The molecule has 0 N–H and O–H groups in total. The lowest BCUT2D eigenvalue weighted by atomic mass is 10.2. The van der Waals surface area contributed by atoms with Crippen LogP contribution in [0.4, 0.5) is 0 Å². The zero-order chi connectivity index (χ0) is 16.8. The summed E-state index contributed by atoms with van der Waals surface area (Å²) in [5.74, 6) is 0.966. The van der Waals surface area contributed by atoms with Gasteiger partial charge in [0.25, 0.3) is 0 Å². The SMILES string of the molecule is COc1cc(C(=O)OCC#N)ccc1OCc1c(C)noc1C. The minimum Gasteiger partial charge on any atom is -0.493 e. The van der Waals surface area contributed by atoms with Crippen molar-refractivity contribution in [2.45, 2.75) is 20.5 Å². The predicted molar refractivity (Wildman–Crippen MR) is 79.2 cm³/mol. The number of hydrogen-bond acceptors (Lipinski definition) is 7. The van der Waals surface area contributed by atoms with Gasteiger partial charge in [0, 0.05) is 0 Å². The van der Waals surface area contributed by atoms with Crippen molar-refractivity contribution in [2.75, 3.05) is 13.7 Å². The molecule has 0 aliphatic heterocycles. The van der Waals surface area contributed by atoms with Crippen LogP contribution in [0.5, 0.6) is 11.5 Å². The van der Waals surface area contributed by atoms with Crippen LogP contribution in [0.1, 0.15) is 27.4 Å². The summed E-state index contributed by atoms with van der Waals surface area (Å²) in [7, 11) is 1.47. The second kappa shape index (κ2) is 7.31. The van der Waals surface area contributed by atoms with E-state index < -0.39 is 5.97 Å². The van der Waals surface area contributed by atoms with Crippen molar-refractivity contribution in [1.29, 1.82) is 5.26 Å². The van der Waals surface area contributed by atoms with Crippen LogP contribution in [0, 0.1) is 25.2 Å². The molecular formula is C16H16N2O5. The molecule has 7 heteroatoms. The number of nitrogens with zero attached hydrogens (tertiary/aromatic N) is 2. The molecule has 0 amide bonds. The maximum absolute atomic E-state index is 11.7. The van der Waals surface area contributed by atoms with E-state index in [2.05, 4.69) is 5.16 Å². The molecule has 0 aliphatic carbocycles. The second-order valence-corrected chi connectivity index (χ2v) is 4.69. The Hall–Kier alpha value is -3.01. The van der Waals surface area contributed by atoms with E-state index in [1.54, 1.807) is 18.2 Å². The standard InChI is InChI=1S/C16H16N2O5/c1-10-13(11(2)23-18-10)9-22-14-5-4-12(8-15(14)20-3)16(19)21-7-6-17/h4-5,8H,7,9H2,1-3H3. The molecule has 0 saturated heterocycles. The molecule has 0 saturated carbocycles. The van der Waals surface area contributed by atoms with Gasteiger partial charge in [-0.25, -0.2) is 4.79 Å². The van der Waals surface area contributed by atoms with Crippen LogP contribution in [0.3, 0.4) is 0 Å². The molecule has 0 unspecified atom stereocenters. The molecule has 7 nitrogen and oxygen atoms in total. The molecule has 120 valence electrons. The first-order valence-corrected chi connectivity index (χ1v) is 6.83. The number of methoxy groups -OCH3 is 1. The third-order valence-corrected chi connectivity index (χ3v) is 3.22. The molecule has 0 atom stereocenters. The van der Waals surface area contributed by atoms with Crippen molar-refractivity contribution in [3.8, 4) is 17.6 Å². The molecule has 0 radical (unpaired) electrons. The molecular weight excluding hydrogens is 300 g/mol. The summed E-state index contributed by atoms with van der Waals surface area (Å²) in [6, 6.07) is 6.40. The highest BCUT2D eigenvalue weighted by Gasteiger charge is 2.14. The number of nitriles is 1. The molecule has 1 aromatic carbocycles. The number of esters is 1. The van der Waals surface area contributed by atoms with Gasteiger partial charge < -0.3 is 18.7 Å². The molecule has 0 fully saturated rings. The Labute approximate surface area is 133 Å². The van der Waals surface area contributed by atoms with Gasteiger partial charge in [0.1, 0.15) is 18.4 Å². The van der Waals surface area contributed by atoms with Crippen LogP contribution < -0.4 is 9.47 Å². The van der Waals surface area contributed by atoms with Gasteiger partial charge in [-0.15, -0.1) is 0 Å².